The molecule has 35 heavy (non-hydrogen) atoms. The minimum atomic E-state index is -2.19. The van der Waals surface area contributed by atoms with Crippen LogP contribution in [0.2, 0.25) is 25.7 Å². The van der Waals surface area contributed by atoms with Crippen molar-refractivity contribution in [2.24, 2.45) is 4.36 Å². The molecule has 1 atom stereocenters. The highest BCUT2D eigenvalue weighted by atomic mass is 32.2. The number of nitrogens with zero attached hydrogens (tertiary/aromatic N) is 7. The summed E-state index contributed by atoms with van der Waals surface area (Å²) in [7, 11) is -3.31. The number of hydrogen-bond donors (Lipinski definition) is 0. The van der Waals surface area contributed by atoms with Crippen molar-refractivity contribution in [3.8, 4) is 5.82 Å². The molecule has 2 aliphatic rings. The molecule has 2 fully saturated rings. The molecule has 0 spiro atoms. The number of hydrogen-bond acceptors (Lipinski definition) is 8. The van der Waals surface area contributed by atoms with Gasteiger partial charge in [-0.15, -0.1) is 0 Å². The van der Waals surface area contributed by atoms with E-state index in [4.69, 9.17) is 18.8 Å². The van der Waals surface area contributed by atoms with E-state index in [2.05, 4.69) is 41.7 Å². The summed E-state index contributed by atoms with van der Waals surface area (Å²) in [6.45, 7) is 12.3. The monoisotopic (exact) mass is 517 g/mol. The van der Waals surface area contributed by atoms with Crippen LogP contribution in [-0.2, 0) is 25.9 Å². The van der Waals surface area contributed by atoms with Crippen molar-refractivity contribution in [1.29, 1.82) is 0 Å². The zero-order chi connectivity index (χ0) is 24.6. The van der Waals surface area contributed by atoms with Crippen LogP contribution < -0.4 is 4.90 Å². The van der Waals surface area contributed by atoms with E-state index in [1.165, 1.54) is 0 Å². The predicted octanol–water partition coefficient (Wildman–Crippen LogP) is 3.66. The molecule has 0 amide bonds. The van der Waals surface area contributed by atoms with Crippen LogP contribution in [0.4, 0.5) is 11.5 Å². The summed E-state index contributed by atoms with van der Waals surface area (Å²) in [4.78, 5) is 7.19. The molecule has 0 radical (unpaired) electrons. The average Bonchev–Trinajstić information content (AvgIpc) is 3.42. The van der Waals surface area contributed by atoms with Crippen LogP contribution in [0, 0.1) is 0 Å². The highest BCUT2D eigenvalue weighted by Gasteiger charge is 2.25. The number of morpholine rings is 1. The fourth-order valence-corrected chi connectivity index (χ4v) is 6.39. The van der Waals surface area contributed by atoms with Gasteiger partial charge in [0, 0.05) is 51.1 Å². The van der Waals surface area contributed by atoms with Gasteiger partial charge >= 0.3 is 0 Å². The smallest absolute Gasteiger partial charge is 0.177 e. The molecule has 3 aromatic rings. The van der Waals surface area contributed by atoms with Gasteiger partial charge < -0.3 is 14.4 Å². The van der Waals surface area contributed by atoms with Crippen LogP contribution in [0.15, 0.2) is 28.9 Å². The van der Waals surface area contributed by atoms with E-state index < -0.39 is 17.8 Å². The molecule has 3 aromatic heterocycles. The van der Waals surface area contributed by atoms with Crippen molar-refractivity contribution >= 4 is 40.3 Å². The third-order valence-corrected chi connectivity index (χ3v) is 10.5. The van der Waals surface area contributed by atoms with Gasteiger partial charge in [0.05, 0.1) is 46.3 Å². The number of aromatic nitrogens is 5. The summed E-state index contributed by atoms with van der Waals surface area (Å²) < 4.78 is 32.7. The average molecular weight is 518 g/mol. The van der Waals surface area contributed by atoms with Crippen LogP contribution in [0.5, 0.6) is 0 Å². The topological polar surface area (TPSA) is 99.7 Å². The summed E-state index contributed by atoms with van der Waals surface area (Å²) in [5, 5.41) is 10.0. The van der Waals surface area contributed by atoms with Gasteiger partial charge in [-0.3, -0.25) is 0 Å². The second-order valence-corrected chi connectivity index (χ2v) is 18.8. The second-order valence-electron chi connectivity index (χ2n) is 10.6. The SMILES string of the molecule is C[C@@H]1COCCN1c1cc(N=S2(=O)CCC2)c2cnn(-c3ccn(COCC[Si](C)(C)C)n3)c2n1. The minimum Gasteiger partial charge on any atom is -0.377 e. The summed E-state index contributed by atoms with van der Waals surface area (Å²) in [6.07, 6.45) is 4.60. The van der Waals surface area contributed by atoms with Crippen molar-refractivity contribution < 1.29 is 13.7 Å². The summed E-state index contributed by atoms with van der Waals surface area (Å²) in [5.74, 6) is 2.75. The molecule has 0 saturated carbocycles. The lowest BCUT2D eigenvalue weighted by atomic mass is 10.2. The van der Waals surface area contributed by atoms with Crippen molar-refractivity contribution in [1.82, 2.24) is 24.5 Å². The Bertz CT molecular complexity index is 1310. The first kappa shape index (κ1) is 24.4. The van der Waals surface area contributed by atoms with E-state index in [1.54, 1.807) is 15.6 Å². The maximum atomic E-state index is 13.0. The van der Waals surface area contributed by atoms with E-state index in [0.29, 0.717) is 48.6 Å². The van der Waals surface area contributed by atoms with Crippen LogP contribution >= 0.6 is 0 Å². The Balaban J connectivity index is 1.48. The highest BCUT2D eigenvalue weighted by Crippen LogP contribution is 2.34. The Kier molecular flexibility index (Phi) is 6.72. The number of rotatable bonds is 8. The molecule has 12 heteroatoms. The van der Waals surface area contributed by atoms with Gasteiger partial charge in [-0.1, -0.05) is 19.6 Å². The van der Waals surface area contributed by atoms with Crippen LogP contribution in [0.25, 0.3) is 16.9 Å². The van der Waals surface area contributed by atoms with Crippen molar-refractivity contribution in [3.05, 3.63) is 24.5 Å². The molecule has 0 unspecified atom stereocenters. The molecule has 0 aliphatic carbocycles. The Morgan fingerprint density at radius 1 is 1.29 bits per heavy atom. The van der Waals surface area contributed by atoms with Gasteiger partial charge in [-0.2, -0.15) is 19.2 Å². The molecule has 5 rings (SSSR count). The lowest BCUT2D eigenvalue weighted by molar-refractivity contribution is 0.0785. The Morgan fingerprint density at radius 3 is 2.83 bits per heavy atom. The molecule has 10 nitrogen and oxygen atoms in total. The van der Waals surface area contributed by atoms with E-state index >= 15 is 0 Å². The van der Waals surface area contributed by atoms with Gasteiger partial charge in [-0.05, 0) is 19.4 Å². The molecule has 0 bridgehead atoms. The first-order chi connectivity index (χ1) is 16.7. The van der Waals surface area contributed by atoms with Crippen molar-refractivity contribution in [3.63, 3.8) is 0 Å². The molecular formula is C23H35N7O3SSi. The van der Waals surface area contributed by atoms with Gasteiger partial charge in [-0.25, -0.2) is 13.9 Å². The number of pyridine rings is 1. The zero-order valence-electron chi connectivity index (χ0n) is 21.0. The quantitative estimate of drug-likeness (QED) is 0.332. The van der Waals surface area contributed by atoms with Crippen LogP contribution in [0.3, 0.4) is 0 Å². The second kappa shape index (κ2) is 9.64. The fraction of sp³-hybridized carbons (Fsp3) is 0.609. The summed E-state index contributed by atoms with van der Waals surface area (Å²) >= 11 is 0. The predicted molar refractivity (Wildman–Crippen MR) is 141 cm³/mol. The first-order valence-electron chi connectivity index (χ1n) is 12.3. The highest BCUT2D eigenvalue weighted by molar-refractivity contribution is 7.95. The fourth-order valence-electron chi connectivity index (χ4n) is 4.16. The lowest BCUT2D eigenvalue weighted by Gasteiger charge is -2.34. The third-order valence-electron chi connectivity index (χ3n) is 6.42. The molecule has 190 valence electrons. The summed E-state index contributed by atoms with van der Waals surface area (Å²) in [6, 6.07) is 5.16. The maximum Gasteiger partial charge on any atom is 0.177 e. The standard InChI is InChI=1S/C23H35N7O3SSi/c1-18-16-32-9-8-29(18)22-14-20(27-34(31)11-5-12-34)19-15-24-30(23(19)25-22)21-6-7-28(26-21)17-33-10-13-35(2,3)4/h6-7,14-15,18H,5,8-13,16-17H2,1-4H3/t18-/m1/s1. The van der Waals surface area contributed by atoms with Gasteiger partial charge in [0.25, 0.3) is 0 Å². The lowest BCUT2D eigenvalue weighted by Crippen LogP contribution is -2.44. The van der Waals surface area contributed by atoms with E-state index in [-0.39, 0.29) is 6.04 Å². The normalized spacial score (nSPS) is 20.2. The summed E-state index contributed by atoms with van der Waals surface area (Å²) in [5.41, 5.74) is 1.35. The van der Waals surface area contributed by atoms with Gasteiger partial charge in [0.1, 0.15) is 12.5 Å². The number of anilines is 1. The number of ether oxygens (including phenoxy) is 2. The molecular weight excluding hydrogens is 482 g/mol. The van der Waals surface area contributed by atoms with Crippen LogP contribution in [-0.4, -0.2) is 80.7 Å². The molecule has 2 aliphatic heterocycles. The van der Waals surface area contributed by atoms with E-state index in [1.807, 2.05) is 18.3 Å². The van der Waals surface area contributed by atoms with E-state index in [9.17, 15) is 4.21 Å². The minimum absolute atomic E-state index is 0.183. The largest absolute Gasteiger partial charge is 0.377 e. The molecule has 5 heterocycles. The third kappa shape index (κ3) is 5.45. The molecule has 2 saturated heterocycles. The van der Waals surface area contributed by atoms with Crippen molar-refractivity contribution in [2.45, 2.75) is 51.8 Å². The Hall–Kier alpha value is -2.28. The maximum absolute atomic E-state index is 13.0. The van der Waals surface area contributed by atoms with Crippen molar-refractivity contribution in [2.75, 3.05) is 42.8 Å². The van der Waals surface area contributed by atoms with Gasteiger partial charge in [0.15, 0.2) is 11.5 Å². The first-order valence-corrected chi connectivity index (χ1v) is 17.8. The number of fused-ring (bicyclic) bond motifs is 1. The Morgan fingerprint density at radius 2 is 2.11 bits per heavy atom. The zero-order valence-corrected chi connectivity index (χ0v) is 22.8. The van der Waals surface area contributed by atoms with E-state index in [0.717, 1.165) is 36.8 Å². The molecule has 0 aromatic carbocycles. The van der Waals surface area contributed by atoms with Gasteiger partial charge in [0.2, 0.25) is 0 Å². The Labute approximate surface area is 207 Å². The molecule has 0 N–H and O–H groups in total. The van der Waals surface area contributed by atoms with Crippen LogP contribution in [0.1, 0.15) is 13.3 Å².